The van der Waals surface area contributed by atoms with Gasteiger partial charge >= 0.3 is 17.9 Å². The Kier molecular flexibility index (Phi) is 10.3. The molecular weight excluding hydrogens is 502 g/mol. The first-order valence-electron chi connectivity index (χ1n) is 12.3. The largest absolute Gasteiger partial charge is 0.481 e. The number of nitrogens with one attached hydrogen (secondary N) is 1. The van der Waals surface area contributed by atoms with Gasteiger partial charge in [-0.25, -0.2) is 9.59 Å². The van der Waals surface area contributed by atoms with E-state index in [1.54, 1.807) is 31.2 Å². The fraction of sp³-hybridized carbons (Fsp3) is 0.276. The number of nitrogens with two attached hydrogens (primary N) is 1. The van der Waals surface area contributed by atoms with Crippen LogP contribution in [0.3, 0.4) is 0 Å². The van der Waals surface area contributed by atoms with Gasteiger partial charge < -0.3 is 25.6 Å². The summed E-state index contributed by atoms with van der Waals surface area (Å²) < 4.78 is 5.34. The number of nitrogens with zero attached hydrogens (tertiary/aromatic N) is 1. The van der Waals surface area contributed by atoms with Crippen molar-refractivity contribution in [2.45, 2.75) is 39.2 Å². The summed E-state index contributed by atoms with van der Waals surface area (Å²) in [7, 11) is 0. The molecule has 5 N–H and O–H groups in total. The summed E-state index contributed by atoms with van der Waals surface area (Å²) in [6.07, 6.45) is 2.78. The number of esters is 1. The Labute approximate surface area is 226 Å². The topological polar surface area (TPSA) is 171 Å². The van der Waals surface area contributed by atoms with Gasteiger partial charge in [-0.05, 0) is 67.8 Å². The lowest BCUT2D eigenvalue weighted by Gasteiger charge is -2.43. The minimum atomic E-state index is -1.98. The van der Waals surface area contributed by atoms with Crippen LogP contribution in [0.25, 0.3) is 6.08 Å². The van der Waals surface area contributed by atoms with Crippen molar-refractivity contribution in [3.8, 4) is 5.75 Å². The Hall–Kier alpha value is -4.73. The zero-order valence-corrected chi connectivity index (χ0v) is 22.1. The third-order valence-electron chi connectivity index (χ3n) is 6.47. The Morgan fingerprint density at radius 1 is 1.05 bits per heavy atom. The summed E-state index contributed by atoms with van der Waals surface area (Å²) in [6.45, 7) is 8.08. The van der Waals surface area contributed by atoms with Crippen LogP contribution in [-0.2, 0) is 14.4 Å². The molecule has 0 saturated heterocycles. The summed E-state index contributed by atoms with van der Waals surface area (Å²) in [6, 6.07) is 12.4. The highest BCUT2D eigenvalue weighted by Crippen LogP contribution is 2.34. The molecule has 0 heterocycles. The monoisotopic (exact) mass is 535 g/mol. The number of nitrogen functional groups attached to an aromatic ring is 1. The van der Waals surface area contributed by atoms with Crippen LogP contribution in [0.5, 0.6) is 5.75 Å². The maximum Gasteiger partial charge on any atom is 0.343 e. The van der Waals surface area contributed by atoms with Gasteiger partial charge in [0.1, 0.15) is 11.6 Å². The number of benzene rings is 2. The van der Waals surface area contributed by atoms with E-state index in [1.807, 2.05) is 0 Å². The maximum absolute atomic E-state index is 13.5. The molecule has 1 amide bonds. The van der Waals surface area contributed by atoms with Crippen molar-refractivity contribution in [3.63, 3.8) is 0 Å². The second-order valence-corrected chi connectivity index (χ2v) is 8.86. The van der Waals surface area contributed by atoms with E-state index in [-0.39, 0.29) is 42.1 Å². The third-order valence-corrected chi connectivity index (χ3v) is 6.47. The molecule has 2 aromatic carbocycles. The fourth-order valence-electron chi connectivity index (χ4n) is 4.42. The summed E-state index contributed by atoms with van der Waals surface area (Å²) in [5, 5.41) is 27.3. The van der Waals surface area contributed by atoms with E-state index in [0.29, 0.717) is 11.1 Å². The van der Waals surface area contributed by atoms with Crippen LogP contribution in [0.1, 0.15) is 55.1 Å². The van der Waals surface area contributed by atoms with Gasteiger partial charge in [-0.2, -0.15) is 0 Å². The van der Waals surface area contributed by atoms with Gasteiger partial charge in [0.15, 0.2) is 5.54 Å². The SMILES string of the molecule is C=CCN(C(=O)/C(C)=C/c1ccc(C(=O)Oc2ccc(C(=N)N)cc2)cc1)[C@@](CC)(C(=O)O)C(CC)C(=O)O. The van der Waals surface area contributed by atoms with Crippen LogP contribution < -0.4 is 10.5 Å². The molecule has 2 atom stereocenters. The molecule has 0 aliphatic heterocycles. The summed E-state index contributed by atoms with van der Waals surface area (Å²) in [4.78, 5) is 51.5. The molecule has 0 aliphatic rings. The fourth-order valence-corrected chi connectivity index (χ4v) is 4.42. The van der Waals surface area contributed by atoms with E-state index in [9.17, 15) is 29.4 Å². The molecule has 10 nitrogen and oxygen atoms in total. The number of hydrogen-bond acceptors (Lipinski definition) is 6. The lowest BCUT2D eigenvalue weighted by Crippen LogP contribution is -2.63. The molecular formula is C29H33N3O7. The molecule has 0 aliphatic carbocycles. The third kappa shape index (κ3) is 6.78. The Balaban J connectivity index is 2.31. The maximum atomic E-state index is 13.5. The van der Waals surface area contributed by atoms with E-state index in [1.165, 1.54) is 50.3 Å². The van der Waals surface area contributed by atoms with Crippen LogP contribution in [-0.4, -0.2) is 56.8 Å². The molecule has 10 heteroatoms. The molecule has 0 spiro atoms. The summed E-state index contributed by atoms with van der Waals surface area (Å²) in [5.41, 5.74) is 4.93. The molecule has 2 rings (SSSR count). The number of ether oxygens (including phenoxy) is 1. The Morgan fingerprint density at radius 3 is 2.05 bits per heavy atom. The zero-order valence-electron chi connectivity index (χ0n) is 22.1. The van der Waals surface area contributed by atoms with Gasteiger partial charge in [0.05, 0.1) is 11.5 Å². The van der Waals surface area contributed by atoms with Gasteiger partial charge in [0, 0.05) is 17.7 Å². The average molecular weight is 536 g/mol. The van der Waals surface area contributed by atoms with E-state index in [2.05, 4.69) is 6.58 Å². The molecule has 39 heavy (non-hydrogen) atoms. The molecule has 0 radical (unpaired) electrons. The minimum Gasteiger partial charge on any atom is -0.481 e. The van der Waals surface area contributed by atoms with E-state index < -0.39 is 35.3 Å². The van der Waals surface area contributed by atoms with Crippen molar-refractivity contribution in [2.75, 3.05) is 6.54 Å². The van der Waals surface area contributed by atoms with Gasteiger partial charge in [0.25, 0.3) is 5.91 Å². The van der Waals surface area contributed by atoms with Crippen LogP contribution in [0.2, 0.25) is 0 Å². The summed E-state index contributed by atoms with van der Waals surface area (Å²) in [5.74, 6) is -5.12. The number of hydrogen-bond donors (Lipinski definition) is 4. The Bertz CT molecular complexity index is 1280. The first-order chi connectivity index (χ1) is 18.4. The van der Waals surface area contributed by atoms with Gasteiger partial charge in [-0.15, -0.1) is 6.58 Å². The quantitative estimate of drug-likeness (QED) is 0.0745. The number of rotatable bonds is 13. The average Bonchev–Trinajstić information content (AvgIpc) is 2.90. The molecule has 0 saturated carbocycles. The second-order valence-electron chi connectivity index (χ2n) is 8.86. The molecule has 0 aromatic heterocycles. The minimum absolute atomic E-state index is 0.0115. The molecule has 2 aromatic rings. The van der Waals surface area contributed by atoms with Crippen molar-refractivity contribution in [2.24, 2.45) is 11.7 Å². The number of carbonyl (C=O) groups excluding carboxylic acids is 2. The van der Waals surface area contributed by atoms with Crippen LogP contribution in [0, 0.1) is 11.3 Å². The van der Waals surface area contributed by atoms with Gasteiger partial charge in [0.2, 0.25) is 0 Å². The predicted molar refractivity (Wildman–Crippen MR) is 146 cm³/mol. The normalized spacial score (nSPS) is 13.5. The van der Waals surface area contributed by atoms with Crippen molar-refractivity contribution in [1.29, 1.82) is 5.41 Å². The smallest absolute Gasteiger partial charge is 0.343 e. The second kappa shape index (κ2) is 13.2. The van der Waals surface area contributed by atoms with Crippen LogP contribution in [0.15, 0.2) is 66.8 Å². The standard InChI is InChI=1S/C29H33N3O7/c1-5-16-32(29(7-3,28(37)38)23(6-2)26(34)35)25(33)18(4)17-19-8-10-21(11-9-19)27(36)39-22-14-12-20(13-15-22)24(30)31/h5,8-15,17,23H,1,6-7,16H2,2-4H3,(H3,30,31)(H,34,35)(H,37,38)/b18-17+/t23?,29-/m1/s1. The van der Waals surface area contributed by atoms with Crippen LogP contribution in [0.4, 0.5) is 0 Å². The van der Waals surface area contributed by atoms with Crippen molar-refractivity contribution >= 4 is 35.7 Å². The number of amides is 1. The lowest BCUT2D eigenvalue weighted by atomic mass is 9.77. The highest BCUT2D eigenvalue weighted by molar-refractivity contribution is 6.01. The van der Waals surface area contributed by atoms with E-state index in [0.717, 1.165) is 4.90 Å². The van der Waals surface area contributed by atoms with Crippen molar-refractivity contribution in [3.05, 3.63) is 83.4 Å². The lowest BCUT2D eigenvalue weighted by molar-refractivity contribution is -0.170. The highest BCUT2D eigenvalue weighted by atomic mass is 16.5. The number of carboxylic acids is 2. The van der Waals surface area contributed by atoms with Crippen LogP contribution >= 0.6 is 0 Å². The number of amidine groups is 1. The van der Waals surface area contributed by atoms with E-state index >= 15 is 0 Å². The van der Waals surface area contributed by atoms with Crippen molar-refractivity contribution in [1.82, 2.24) is 4.90 Å². The van der Waals surface area contributed by atoms with Crippen molar-refractivity contribution < 1.29 is 34.1 Å². The first-order valence-corrected chi connectivity index (χ1v) is 12.3. The number of carboxylic acid groups (broad SMARTS) is 2. The van der Waals surface area contributed by atoms with E-state index in [4.69, 9.17) is 15.9 Å². The molecule has 206 valence electrons. The predicted octanol–water partition coefficient (Wildman–Crippen LogP) is 3.95. The molecule has 0 fully saturated rings. The zero-order chi connectivity index (χ0) is 29.3. The van der Waals surface area contributed by atoms with Gasteiger partial charge in [-0.3, -0.25) is 15.0 Å². The molecule has 0 bridgehead atoms. The number of aliphatic carboxylic acids is 2. The highest BCUT2D eigenvalue weighted by Gasteiger charge is 2.53. The Morgan fingerprint density at radius 2 is 1.62 bits per heavy atom. The number of carbonyl (C=O) groups is 4. The first kappa shape index (κ1) is 30.5. The molecule has 1 unspecified atom stereocenters. The summed E-state index contributed by atoms with van der Waals surface area (Å²) >= 11 is 0. The van der Waals surface area contributed by atoms with Gasteiger partial charge in [-0.1, -0.05) is 32.1 Å².